The highest BCUT2D eigenvalue weighted by atomic mass is 16.5. The van der Waals surface area contributed by atoms with E-state index in [0.29, 0.717) is 12.5 Å². The monoisotopic (exact) mass is 290 g/mol. The van der Waals surface area contributed by atoms with Crippen molar-refractivity contribution in [3.05, 3.63) is 29.3 Å². The molecule has 4 heteroatoms. The van der Waals surface area contributed by atoms with Crippen molar-refractivity contribution in [1.29, 1.82) is 0 Å². The summed E-state index contributed by atoms with van der Waals surface area (Å²) in [4.78, 5) is 14.0. The van der Waals surface area contributed by atoms with Crippen LogP contribution in [0.1, 0.15) is 31.4 Å². The van der Waals surface area contributed by atoms with E-state index in [4.69, 9.17) is 4.74 Å². The van der Waals surface area contributed by atoms with E-state index in [9.17, 15) is 4.79 Å². The molecule has 1 fully saturated rings. The Morgan fingerprint density at radius 2 is 2.10 bits per heavy atom. The number of benzene rings is 1. The molecule has 2 rings (SSSR count). The Labute approximate surface area is 127 Å². The molecule has 0 saturated carbocycles. The molecule has 1 heterocycles. The molecule has 1 aromatic rings. The van der Waals surface area contributed by atoms with Crippen LogP contribution in [-0.2, 0) is 4.74 Å². The molecule has 1 aromatic carbocycles. The predicted molar refractivity (Wildman–Crippen MR) is 85.9 cm³/mol. The van der Waals surface area contributed by atoms with Gasteiger partial charge in [0.2, 0.25) is 0 Å². The fraction of sp³-hybridized carbons (Fsp3) is 0.588. The van der Waals surface area contributed by atoms with Crippen molar-refractivity contribution in [1.82, 2.24) is 5.32 Å². The minimum atomic E-state index is -0.309. The SMILES string of the molecule is CCOC(=O)NC1CC(C)CN(c2ccc(C)c(C)c2)C1. The van der Waals surface area contributed by atoms with Gasteiger partial charge in [0.25, 0.3) is 0 Å². The zero-order valence-corrected chi connectivity index (χ0v) is 13.5. The normalized spacial score (nSPS) is 22.0. The standard InChI is InChI=1S/C17H26N2O2/c1-5-21-17(20)18-15-8-12(2)10-19(11-15)16-7-6-13(3)14(4)9-16/h6-7,9,12,15H,5,8,10-11H2,1-4H3,(H,18,20). The number of amides is 1. The number of carbonyl (C=O) groups is 1. The molecular weight excluding hydrogens is 264 g/mol. The number of ether oxygens (including phenoxy) is 1. The fourth-order valence-electron chi connectivity index (χ4n) is 2.93. The first-order valence-corrected chi connectivity index (χ1v) is 7.75. The topological polar surface area (TPSA) is 41.6 Å². The summed E-state index contributed by atoms with van der Waals surface area (Å²) in [6.07, 6.45) is 0.691. The van der Waals surface area contributed by atoms with Gasteiger partial charge in [0, 0.05) is 24.8 Å². The number of hydrogen-bond acceptors (Lipinski definition) is 3. The van der Waals surface area contributed by atoms with Gasteiger partial charge in [-0.1, -0.05) is 13.0 Å². The predicted octanol–water partition coefficient (Wildman–Crippen LogP) is 3.26. The molecule has 1 amide bonds. The van der Waals surface area contributed by atoms with Crippen molar-refractivity contribution < 1.29 is 9.53 Å². The summed E-state index contributed by atoms with van der Waals surface area (Å²) in [6.45, 7) is 10.6. The lowest BCUT2D eigenvalue weighted by Gasteiger charge is -2.38. The molecule has 2 unspecified atom stereocenters. The number of aryl methyl sites for hydroxylation is 2. The maximum absolute atomic E-state index is 11.6. The van der Waals surface area contributed by atoms with Crippen LogP contribution < -0.4 is 10.2 Å². The Hall–Kier alpha value is -1.71. The number of anilines is 1. The van der Waals surface area contributed by atoms with E-state index in [2.05, 4.69) is 49.2 Å². The highest BCUT2D eigenvalue weighted by Gasteiger charge is 2.26. The summed E-state index contributed by atoms with van der Waals surface area (Å²) >= 11 is 0. The van der Waals surface area contributed by atoms with Gasteiger partial charge >= 0.3 is 6.09 Å². The third-order valence-electron chi connectivity index (χ3n) is 4.11. The molecular formula is C17H26N2O2. The van der Waals surface area contributed by atoms with Gasteiger partial charge in [-0.25, -0.2) is 4.79 Å². The first-order chi connectivity index (χ1) is 9.99. The van der Waals surface area contributed by atoms with Gasteiger partial charge in [0.05, 0.1) is 6.61 Å². The van der Waals surface area contributed by atoms with Crippen LogP contribution in [-0.4, -0.2) is 31.8 Å². The number of carbonyl (C=O) groups excluding carboxylic acids is 1. The summed E-state index contributed by atoms with van der Waals surface area (Å²) < 4.78 is 4.99. The molecule has 0 radical (unpaired) electrons. The lowest BCUT2D eigenvalue weighted by Crippen LogP contribution is -2.50. The number of alkyl carbamates (subject to hydrolysis) is 1. The molecule has 116 valence electrons. The minimum Gasteiger partial charge on any atom is -0.450 e. The largest absolute Gasteiger partial charge is 0.450 e. The zero-order chi connectivity index (χ0) is 15.4. The Morgan fingerprint density at radius 3 is 2.76 bits per heavy atom. The van der Waals surface area contributed by atoms with E-state index in [1.807, 2.05) is 6.92 Å². The summed E-state index contributed by atoms with van der Waals surface area (Å²) in [6, 6.07) is 6.71. The highest BCUT2D eigenvalue weighted by molar-refractivity contribution is 5.67. The van der Waals surface area contributed by atoms with E-state index in [1.54, 1.807) is 0 Å². The van der Waals surface area contributed by atoms with Crippen molar-refractivity contribution >= 4 is 11.8 Å². The van der Waals surface area contributed by atoms with Crippen LogP contribution in [0.5, 0.6) is 0 Å². The Kier molecular flexibility index (Phi) is 5.10. The molecule has 1 aliphatic rings. The first kappa shape index (κ1) is 15.7. The van der Waals surface area contributed by atoms with Crippen molar-refractivity contribution in [2.75, 3.05) is 24.6 Å². The number of rotatable bonds is 3. The smallest absolute Gasteiger partial charge is 0.407 e. The maximum Gasteiger partial charge on any atom is 0.407 e. The molecule has 1 saturated heterocycles. The number of hydrogen-bond donors (Lipinski definition) is 1. The number of nitrogens with zero attached hydrogens (tertiary/aromatic N) is 1. The average molecular weight is 290 g/mol. The minimum absolute atomic E-state index is 0.148. The fourth-order valence-corrected chi connectivity index (χ4v) is 2.93. The van der Waals surface area contributed by atoms with Gasteiger partial charge in [0.1, 0.15) is 0 Å². The summed E-state index contributed by atoms with van der Waals surface area (Å²) in [7, 11) is 0. The average Bonchev–Trinajstić information content (AvgIpc) is 2.41. The van der Waals surface area contributed by atoms with E-state index in [-0.39, 0.29) is 12.1 Å². The van der Waals surface area contributed by atoms with Crippen LogP contribution in [0.2, 0.25) is 0 Å². The summed E-state index contributed by atoms with van der Waals surface area (Å²) in [5.74, 6) is 0.548. The molecule has 2 atom stereocenters. The second-order valence-corrected chi connectivity index (χ2v) is 6.08. The molecule has 0 bridgehead atoms. The second kappa shape index (κ2) is 6.83. The van der Waals surface area contributed by atoms with Gasteiger partial charge in [-0.15, -0.1) is 0 Å². The van der Waals surface area contributed by atoms with Crippen LogP contribution in [0.15, 0.2) is 18.2 Å². The van der Waals surface area contributed by atoms with Crippen molar-refractivity contribution in [3.63, 3.8) is 0 Å². The van der Waals surface area contributed by atoms with Crippen LogP contribution >= 0.6 is 0 Å². The highest BCUT2D eigenvalue weighted by Crippen LogP contribution is 2.25. The first-order valence-electron chi connectivity index (χ1n) is 7.75. The van der Waals surface area contributed by atoms with Crippen LogP contribution in [0.25, 0.3) is 0 Å². The Balaban J connectivity index is 2.06. The quantitative estimate of drug-likeness (QED) is 0.929. The van der Waals surface area contributed by atoms with E-state index < -0.39 is 0 Å². The van der Waals surface area contributed by atoms with Gasteiger partial charge in [0.15, 0.2) is 0 Å². The molecule has 0 aliphatic carbocycles. The summed E-state index contributed by atoms with van der Waals surface area (Å²) in [5, 5.41) is 2.97. The van der Waals surface area contributed by atoms with E-state index >= 15 is 0 Å². The molecule has 1 aliphatic heterocycles. The van der Waals surface area contributed by atoms with E-state index in [0.717, 1.165) is 19.5 Å². The number of nitrogens with one attached hydrogen (secondary N) is 1. The second-order valence-electron chi connectivity index (χ2n) is 6.08. The van der Waals surface area contributed by atoms with Crippen molar-refractivity contribution in [2.45, 2.75) is 40.2 Å². The van der Waals surface area contributed by atoms with Gasteiger partial charge in [-0.3, -0.25) is 0 Å². The van der Waals surface area contributed by atoms with Gasteiger partial charge in [-0.2, -0.15) is 0 Å². The van der Waals surface area contributed by atoms with Crippen LogP contribution in [0.3, 0.4) is 0 Å². The maximum atomic E-state index is 11.6. The molecule has 4 nitrogen and oxygen atoms in total. The molecule has 1 N–H and O–H groups in total. The Bertz CT molecular complexity index is 502. The Morgan fingerprint density at radius 1 is 1.33 bits per heavy atom. The summed E-state index contributed by atoms with van der Waals surface area (Å²) in [5.41, 5.74) is 3.85. The zero-order valence-electron chi connectivity index (χ0n) is 13.5. The van der Waals surface area contributed by atoms with Crippen LogP contribution in [0.4, 0.5) is 10.5 Å². The van der Waals surface area contributed by atoms with Crippen LogP contribution in [0, 0.1) is 19.8 Å². The third kappa shape index (κ3) is 4.13. The van der Waals surface area contributed by atoms with Crippen molar-refractivity contribution in [3.8, 4) is 0 Å². The number of piperidine rings is 1. The third-order valence-corrected chi connectivity index (χ3v) is 4.11. The lowest BCUT2D eigenvalue weighted by atomic mass is 9.95. The van der Waals surface area contributed by atoms with Gasteiger partial charge < -0.3 is 15.0 Å². The lowest BCUT2D eigenvalue weighted by molar-refractivity contribution is 0.145. The van der Waals surface area contributed by atoms with E-state index in [1.165, 1.54) is 16.8 Å². The molecule has 0 aromatic heterocycles. The van der Waals surface area contributed by atoms with Gasteiger partial charge in [-0.05, 0) is 56.4 Å². The van der Waals surface area contributed by atoms with Crippen molar-refractivity contribution in [2.24, 2.45) is 5.92 Å². The molecule has 0 spiro atoms. The molecule has 21 heavy (non-hydrogen) atoms.